The molecule has 0 aromatic heterocycles. The summed E-state index contributed by atoms with van der Waals surface area (Å²) < 4.78 is 24.2. The van der Waals surface area contributed by atoms with Crippen LogP contribution >= 0.6 is 0 Å². The molecule has 1 N–H and O–H groups in total. The molecule has 1 heterocycles. The van der Waals surface area contributed by atoms with Crippen LogP contribution in [0.1, 0.15) is 77.0 Å². The first-order chi connectivity index (χ1) is 16.8. The Morgan fingerprint density at radius 2 is 1.80 bits per heavy atom. The van der Waals surface area contributed by atoms with Crippen LogP contribution in [0.2, 0.25) is 0 Å². The van der Waals surface area contributed by atoms with E-state index in [1.807, 2.05) is 64.1 Å². The standard InChI is InChI=1S/C29H39NO5/c1-19(2)33-26-24-17-22(30-18-20-11-14-23(32-5)15-12-20)13-16-25(24)35-29(3,4)27(26)34-28(31)21-9-7-6-8-10-21/h11-17,19,21,26-27,30H,6-10,18H2,1-5H3. The van der Waals surface area contributed by atoms with Crippen molar-refractivity contribution in [3.63, 3.8) is 0 Å². The van der Waals surface area contributed by atoms with Crippen molar-refractivity contribution in [1.82, 2.24) is 0 Å². The van der Waals surface area contributed by atoms with Gasteiger partial charge in [0.1, 0.15) is 23.2 Å². The van der Waals surface area contributed by atoms with Crippen LogP contribution in [0.4, 0.5) is 5.69 Å². The SMILES string of the molecule is COc1ccc(CNc2ccc3c(c2)C(OC(C)C)C(OC(=O)C2CCCCC2)C(C)(C)O3)cc1. The number of carbonyl (C=O) groups excluding carboxylic acids is 1. The summed E-state index contributed by atoms with van der Waals surface area (Å²) >= 11 is 0. The highest BCUT2D eigenvalue weighted by atomic mass is 16.6. The van der Waals surface area contributed by atoms with Gasteiger partial charge in [-0.05, 0) is 76.4 Å². The molecule has 2 aromatic carbocycles. The van der Waals surface area contributed by atoms with Crippen molar-refractivity contribution in [3.05, 3.63) is 53.6 Å². The van der Waals surface area contributed by atoms with Crippen molar-refractivity contribution in [2.75, 3.05) is 12.4 Å². The number of benzene rings is 2. The van der Waals surface area contributed by atoms with Gasteiger partial charge in [-0.2, -0.15) is 0 Å². The van der Waals surface area contributed by atoms with E-state index in [0.717, 1.165) is 54.0 Å². The lowest BCUT2D eigenvalue weighted by Gasteiger charge is -2.44. The van der Waals surface area contributed by atoms with Crippen LogP contribution in [-0.2, 0) is 20.8 Å². The van der Waals surface area contributed by atoms with Gasteiger partial charge < -0.3 is 24.3 Å². The number of rotatable bonds is 8. The summed E-state index contributed by atoms with van der Waals surface area (Å²) in [7, 11) is 1.67. The van der Waals surface area contributed by atoms with Gasteiger partial charge in [0.2, 0.25) is 0 Å². The summed E-state index contributed by atoms with van der Waals surface area (Å²) in [6.07, 6.45) is 4.18. The second kappa shape index (κ2) is 10.9. The Balaban J connectivity index is 1.56. The molecule has 6 heteroatoms. The Bertz CT molecular complexity index is 995. The Morgan fingerprint density at radius 1 is 1.09 bits per heavy atom. The average Bonchev–Trinajstić information content (AvgIpc) is 2.85. The Hall–Kier alpha value is -2.73. The van der Waals surface area contributed by atoms with Crippen molar-refractivity contribution < 1.29 is 23.7 Å². The molecule has 6 nitrogen and oxygen atoms in total. The molecular weight excluding hydrogens is 442 g/mol. The third-order valence-electron chi connectivity index (χ3n) is 6.91. The zero-order valence-corrected chi connectivity index (χ0v) is 21.6. The number of fused-ring (bicyclic) bond motifs is 1. The predicted octanol–water partition coefficient (Wildman–Crippen LogP) is 6.44. The van der Waals surface area contributed by atoms with Gasteiger partial charge >= 0.3 is 5.97 Å². The maximum atomic E-state index is 13.1. The molecule has 2 unspecified atom stereocenters. The molecule has 0 saturated heterocycles. The summed E-state index contributed by atoms with van der Waals surface area (Å²) in [5.74, 6) is 1.45. The van der Waals surface area contributed by atoms with Gasteiger partial charge in [0.15, 0.2) is 6.10 Å². The third-order valence-corrected chi connectivity index (χ3v) is 6.91. The summed E-state index contributed by atoms with van der Waals surface area (Å²) in [5, 5.41) is 3.49. The van der Waals surface area contributed by atoms with E-state index >= 15 is 0 Å². The van der Waals surface area contributed by atoms with Crippen LogP contribution < -0.4 is 14.8 Å². The summed E-state index contributed by atoms with van der Waals surface area (Å²) in [4.78, 5) is 13.1. The Morgan fingerprint density at radius 3 is 2.46 bits per heavy atom. The van der Waals surface area contributed by atoms with Crippen LogP contribution in [0.15, 0.2) is 42.5 Å². The zero-order valence-electron chi connectivity index (χ0n) is 21.6. The molecule has 0 amide bonds. The van der Waals surface area contributed by atoms with Gasteiger partial charge in [0.25, 0.3) is 0 Å². The van der Waals surface area contributed by atoms with Crippen LogP contribution in [0.3, 0.4) is 0 Å². The molecule has 0 radical (unpaired) electrons. The lowest BCUT2D eigenvalue weighted by Crippen LogP contribution is -2.52. The van der Waals surface area contributed by atoms with Gasteiger partial charge in [0, 0.05) is 17.8 Å². The number of nitrogens with one attached hydrogen (secondary N) is 1. The molecule has 4 rings (SSSR count). The maximum absolute atomic E-state index is 13.1. The average molecular weight is 482 g/mol. The fourth-order valence-corrected chi connectivity index (χ4v) is 4.99. The van der Waals surface area contributed by atoms with E-state index in [0.29, 0.717) is 6.54 Å². The van der Waals surface area contributed by atoms with E-state index < -0.39 is 17.8 Å². The Kier molecular flexibility index (Phi) is 7.90. The summed E-state index contributed by atoms with van der Waals surface area (Å²) in [6.45, 7) is 8.63. The zero-order chi connectivity index (χ0) is 25.0. The first-order valence-corrected chi connectivity index (χ1v) is 12.8. The van der Waals surface area contributed by atoms with Gasteiger partial charge in [-0.15, -0.1) is 0 Å². The number of anilines is 1. The summed E-state index contributed by atoms with van der Waals surface area (Å²) in [5.41, 5.74) is 2.29. The molecule has 2 aliphatic rings. The van der Waals surface area contributed by atoms with Gasteiger partial charge in [-0.3, -0.25) is 4.79 Å². The van der Waals surface area contributed by atoms with Crippen LogP contribution in [0, 0.1) is 5.92 Å². The monoisotopic (exact) mass is 481 g/mol. The molecule has 0 spiro atoms. The minimum Gasteiger partial charge on any atom is -0.497 e. The van der Waals surface area contributed by atoms with Crippen LogP contribution in [-0.4, -0.2) is 30.9 Å². The molecule has 0 bridgehead atoms. The maximum Gasteiger partial charge on any atom is 0.309 e. The molecule has 1 aliphatic carbocycles. The lowest BCUT2D eigenvalue weighted by molar-refractivity contribution is -0.193. The quantitative estimate of drug-likeness (QED) is 0.438. The third kappa shape index (κ3) is 6.10. The number of hydrogen-bond acceptors (Lipinski definition) is 6. The highest BCUT2D eigenvalue weighted by Gasteiger charge is 2.48. The highest BCUT2D eigenvalue weighted by Crippen LogP contribution is 2.45. The first kappa shape index (κ1) is 25.4. The fraction of sp³-hybridized carbons (Fsp3) is 0.552. The number of esters is 1. The second-order valence-corrected chi connectivity index (χ2v) is 10.5. The van der Waals surface area contributed by atoms with Crippen LogP contribution in [0.25, 0.3) is 0 Å². The molecule has 1 fully saturated rings. The van der Waals surface area contributed by atoms with E-state index in [9.17, 15) is 4.79 Å². The van der Waals surface area contributed by atoms with Crippen molar-refractivity contribution in [2.24, 2.45) is 5.92 Å². The molecule has 190 valence electrons. The van der Waals surface area contributed by atoms with Crippen molar-refractivity contribution >= 4 is 11.7 Å². The van der Waals surface area contributed by atoms with Crippen molar-refractivity contribution in [3.8, 4) is 11.5 Å². The summed E-state index contributed by atoms with van der Waals surface area (Å²) in [6, 6.07) is 14.0. The number of ether oxygens (including phenoxy) is 4. The topological polar surface area (TPSA) is 66.0 Å². The highest BCUT2D eigenvalue weighted by molar-refractivity contribution is 5.73. The van der Waals surface area contributed by atoms with E-state index in [1.54, 1.807) is 7.11 Å². The van der Waals surface area contributed by atoms with E-state index in [-0.39, 0.29) is 18.0 Å². The van der Waals surface area contributed by atoms with E-state index in [1.165, 1.54) is 6.42 Å². The number of methoxy groups -OCH3 is 1. The largest absolute Gasteiger partial charge is 0.497 e. The van der Waals surface area contributed by atoms with Crippen LogP contribution in [0.5, 0.6) is 11.5 Å². The number of hydrogen-bond donors (Lipinski definition) is 1. The number of carbonyl (C=O) groups is 1. The second-order valence-electron chi connectivity index (χ2n) is 10.5. The molecule has 1 aliphatic heterocycles. The minimum absolute atomic E-state index is 0.0295. The predicted molar refractivity (Wildman–Crippen MR) is 137 cm³/mol. The Labute approximate surface area is 209 Å². The molecule has 2 aromatic rings. The van der Waals surface area contributed by atoms with E-state index in [2.05, 4.69) is 11.4 Å². The smallest absolute Gasteiger partial charge is 0.309 e. The lowest BCUT2D eigenvalue weighted by atomic mass is 9.86. The molecule has 2 atom stereocenters. The van der Waals surface area contributed by atoms with Gasteiger partial charge in [0.05, 0.1) is 19.1 Å². The van der Waals surface area contributed by atoms with E-state index in [4.69, 9.17) is 18.9 Å². The molecule has 1 saturated carbocycles. The van der Waals surface area contributed by atoms with Crippen molar-refractivity contribution in [1.29, 1.82) is 0 Å². The first-order valence-electron chi connectivity index (χ1n) is 12.8. The van der Waals surface area contributed by atoms with Gasteiger partial charge in [-0.1, -0.05) is 31.4 Å². The van der Waals surface area contributed by atoms with Crippen molar-refractivity contribution in [2.45, 2.75) is 90.3 Å². The molecule has 35 heavy (non-hydrogen) atoms. The molecular formula is C29H39NO5. The van der Waals surface area contributed by atoms with Gasteiger partial charge in [-0.25, -0.2) is 0 Å². The normalized spacial score (nSPS) is 21.7. The minimum atomic E-state index is -0.713. The fourth-order valence-electron chi connectivity index (χ4n) is 4.99.